The summed E-state index contributed by atoms with van der Waals surface area (Å²) < 4.78 is 43.5. The van der Waals surface area contributed by atoms with Crippen LogP contribution in [0.5, 0.6) is 0 Å². The molecule has 0 saturated carbocycles. The van der Waals surface area contributed by atoms with Gasteiger partial charge in [-0.1, -0.05) is 18.2 Å². The third kappa shape index (κ3) is 4.21. The molecule has 1 aromatic heterocycles. The molecular weight excluding hydrogens is 383 g/mol. The first-order valence-corrected chi connectivity index (χ1v) is 8.60. The molecule has 146 valence electrons. The van der Waals surface area contributed by atoms with Crippen molar-refractivity contribution in [1.82, 2.24) is 4.98 Å². The second kappa shape index (κ2) is 7.31. The average molecular weight is 397 g/mol. The minimum atomic E-state index is -4.42. The van der Waals surface area contributed by atoms with Crippen LogP contribution >= 0.6 is 0 Å². The molecule has 0 radical (unpaired) electrons. The Kier molecular flexibility index (Phi) is 4.67. The molecule has 0 aliphatic heterocycles. The molecule has 5 nitrogen and oxygen atoms in total. The third-order valence-electron chi connectivity index (χ3n) is 4.14. The molecule has 0 atom stereocenters. The number of nitrogens with zero attached hydrogens (tertiary/aromatic N) is 1. The van der Waals surface area contributed by atoms with Gasteiger partial charge in [0.05, 0.1) is 5.56 Å². The van der Waals surface area contributed by atoms with E-state index in [0.717, 1.165) is 17.7 Å². The van der Waals surface area contributed by atoms with E-state index in [0.29, 0.717) is 22.7 Å². The minimum absolute atomic E-state index is 0.239. The highest BCUT2D eigenvalue weighted by Gasteiger charge is 2.29. The highest BCUT2D eigenvalue weighted by molar-refractivity contribution is 6.00. The second-order valence-electron chi connectivity index (χ2n) is 6.22. The van der Waals surface area contributed by atoms with E-state index in [-0.39, 0.29) is 5.69 Å². The van der Waals surface area contributed by atoms with Gasteiger partial charge in [0.25, 0.3) is 0 Å². The molecule has 2 amide bonds. The number of benzene rings is 3. The van der Waals surface area contributed by atoms with E-state index in [1.54, 1.807) is 18.2 Å². The van der Waals surface area contributed by atoms with Crippen molar-refractivity contribution in [2.45, 2.75) is 6.18 Å². The third-order valence-corrected chi connectivity index (χ3v) is 4.14. The van der Waals surface area contributed by atoms with E-state index < -0.39 is 17.8 Å². The van der Waals surface area contributed by atoms with Gasteiger partial charge in [0.1, 0.15) is 5.52 Å². The van der Waals surface area contributed by atoms with Crippen LogP contribution in [0.25, 0.3) is 22.6 Å². The molecule has 0 saturated heterocycles. The van der Waals surface area contributed by atoms with Crippen LogP contribution in [0.4, 0.5) is 29.3 Å². The number of aromatic nitrogens is 1. The number of carbonyl (C=O) groups excluding carboxylic acids is 1. The van der Waals surface area contributed by atoms with Gasteiger partial charge in [-0.05, 0) is 48.5 Å². The summed E-state index contributed by atoms with van der Waals surface area (Å²) in [7, 11) is 0. The fourth-order valence-electron chi connectivity index (χ4n) is 2.74. The van der Waals surface area contributed by atoms with Crippen molar-refractivity contribution < 1.29 is 22.4 Å². The van der Waals surface area contributed by atoms with Crippen molar-refractivity contribution in [3.05, 3.63) is 78.4 Å². The normalized spacial score (nSPS) is 11.4. The van der Waals surface area contributed by atoms with Crippen molar-refractivity contribution in [3.8, 4) is 11.5 Å². The topological polar surface area (TPSA) is 67.2 Å². The summed E-state index contributed by atoms with van der Waals surface area (Å²) in [6.07, 6.45) is -4.42. The van der Waals surface area contributed by atoms with E-state index in [2.05, 4.69) is 15.6 Å². The zero-order chi connectivity index (χ0) is 20.4. The Morgan fingerprint density at radius 3 is 2.21 bits per heavy atom. The molecule has 0 fully saturated rings. The van der Waals surface area contributed by atoms with Crippen LogP contribution in [0.15, 0.2) is 77.2 Å². The van der Waals surface area contributed by atoms with Crippen molar-refractivity contribution in [1.29, 1.82) is 0 Å². The van der Waals surface area contributed by atoms with Gasteiger partial charge in [0.2, 0.25) is 5.89 Å². The highest BCUT2D eigenvalue weighted by Crippen LogP contribution is 2.30. The molecular formula is C21H14F3N3O2. The van der Waals surface area contributed by atoms with Crippen LogP contribution < -0.4 is 10.6 Å². The molecule has 0 aliphatic carbocycles. The summed E-state index contributed by atoms with van der Waals surface area (Å²) in [5.74, 6) is 0.465. The maximum Gasteiger partial charge on any atom is 0.416 e. The van der Waals surface area contributed by atoms with Gasteiger partial charge in [0.15, 0.2) is 5.58 Å². The van der Waals surface area contributed by atoms with Crippen LogP contribution in [-0.4, -0.2) is 11.0 Å². The standard InChI is InChI=1S/C21H14F3N3O2/c22-21(23,24)14-6-8-15(9-7-14)25-20(28)26-16-10-11-17-18(12-16)29-19(27-17)13-4-2-1-3-5-13/h1-12H,(H2,25,26,28). The number of fused-ring (bicyclic) bond motifs is 1. The lowest BCUT2D eigenvalue weighted by Crippen LogP contribution is -2.19. The fourth-order valence-corrected chi connectivity index (χ4v) is 2.74. The number of nitrogens with one attached hydrogen (secondary N) is 2. The molecule has 3 aromatic carbocycles. The summed E-state index contributed by atoms with van der Waals surface area (Å²) in [5, 5.41) is 5.10. The lowest BCUT2D eigenvalue weighted by molar-refractivity contribution is -0.137. The smallest absolute Gasteiger partial charge is 0.416 e. The van der Waals surface area contributed by atoms with Gasteiger partial charge in [-0.25, -0.2) is 9.78 Å². The SMILES string of the molecule is O=C(Nc1ccc(C(F)(F)F)cc1)Nc1ccc2nc(-c3ccccc3)oc2c1. The van der Waals surface area contributed by atoms with Gasteiger partial charge in [0, 0.05) is 23.0 Å². The first-order chi connectivity index (χ1) is 13.9. The maximum atomic E-state index is 12.6. The lowest BCUT2D eigenvalue weighted by Gasteiger charge is -2.09. The summed E-state index contributed by atoms with van der Waals surface area (Å²) in [6, 6.07) is 18.0. The number of urea groups is 1. The van der Waals surface area contributed by atoms with E-state index >= 15 is 0 Å². The van der Waals surface area contributed by atoms with Gasteiger partial charge in [-0.3, -0.25) is 0 Å². The van der Waals surface area contributed by atoms with Crippen LogP contribution in [0, 0.1) is 0 Å². The number of anilines is 2. The monoisotopic (exact) mass is 397 g/mol. The number of hydrogen-bond donors (Lipinski definition) is 2. The maximum absolute atomic E-state index is 12.6. The summed E-state index contributed by atoms with van der Waals surface area (Å²) in [5.41, 5.74) is 1.88. The van der Waals surface area contributed by atoms with E-state index in [9.17, 15) is 18.0 Å². The van der Waals surface area contributed by atoms with Gasteiger partial charge >= 0.3 is 12.2 Å². The Morgan fingerprint density at radius 2 is 1.52 bits per heavy atom. The number of amides is 2. The van der Waals surface area contributed by atoms with Crippen LogP contribution in [-0.2, 0) is 6.18 Å². The predicted molar refractivity (Wildman–Crippen MR) is 104 cm³/mol. The first-order valence-electron chi connectivity index (χ1n) is 8.60. The zero-order valence-corrected chi connectivity index (χ0v) is 14.8. The Morgan fingerprint density at radius 1 is 0.862 bits per heavy atom. The molecule has 8 heteroatoms. The molecule has 0 spiro atoms. The molecule has 1 heterocycles. The van der Waals surface area contributed by atoms with E-state index in [4.69, 9.17) is 4.42 Å². The molecule has 0 bridgehead atoms. The fraction of sp³-hybridized carbons (Fsp3) is 0.0476. The Hall–Kier alpha value is -3.81. The average Bonchev–Trinajstić information content (AvgIpc) is 3.12. The van der Waals surface area contributed by atoms with Crippen LogP contribution in [0.3, 0.4) is 0 Å². The van der Waals surface area contributed by atoms with Gasteiger partial charge in [-0.2, -0.15) is 13.2 Å². The quantitative estimate of drug-likeness (QED) is 0.435. The Balaban J connectivity index is 1.46. The number of oxazole rings is 1. The predicted octanol–water partition coefficient (Wildman–Crippen LogP) is 6.16. The largest absolute Gasteiger partial charge is 0.436 e. The summed E-state index contributed by atoms with van der Waals surface area (Å²) in [4.78, 5) is 16.5. The number of hydrogen-bond acceptors (Lipinski definition) is 3. The Bertz CT molecular complexity index is 1150. The first kappa shape index (κ1) is 18.5. The second-order valence-corrected chi connectivity index (χ2v) is 6.22. The zero-order valence-electron chi connectivity index (χ0n) is 14.8. The highest BCUT2D eigenvalue weighted by atomic mass is 19.4. The summed E-state index contributed by atoms with van der Waals surface area (Å²) in [6.45, 7) is 0. The van der Waals surface area contributed by atoms with Crippen molar-refractivity contribution in [3.63, 3.8) is 0 Å². The lowest BCUT2D eigenvalue weighted by atomic mass is 10.2. The number of alkyl halides is 3. The number of rotatable bonds is 3. The molecule has 4 rings (SSSR count). The molecule has 4 aromatic rings. The van der Waals surface area contributed by atoms with Gasteiger partial charge < -0.3 is 15.1 Å². The van der Waals surface area contributed by atoms with Gasteiger partial charge in [-0.15, -0.1) is 0 Å². The van der Waals surface area contributed by atoms with Crippen LogP contribution in [0.1, 0.15) is 5.56 Å². The van der Waals surface area contributed by atoms with Crippen molar-refractivity contribution in [2.75, 3.05) is 10.6 Å². The number of carbonyl (C=O) groups is 1. The number of halogens is 3. The summed E-state index contributed by atoms with van der Waals surface area (Å²) >= 11 is 0. The van der Waals surface area contributed by atoms with Crippen molar-refractivity contribution >= 4 is 28.5 Å². The minimum Gasteiger partial charge on any atom is -0.436 e. The molecule has 29 heavy (non-hydrogen) atoms. The van der Waals surface area contributed by atoms with E-state index in [1.807, 2.05) is 30.3 Å². The molecule has 2 N–H and O–H groups in total. The molecule has 0 aliphatic rings. The van der Waals surface area contributed by atoms with Crippen LogP contribution in [0.2, 0.25) is 0 Å². The van der Waals surface area contributed by atoms with E-state index in [1.165, 1.54) is 12.1 Å². The molecule has 0 unspecified atom stereocenters. The Labute approximate surface area is 163 Å². The van der Waals surface area contributed by atoms with Crippen molar-refractivity contribution in [2.24, 2.45) is 0 Å².